The van der Waals surface area contributed by atoms with Crippen LogP contribution in [0, 0.1) is 0 Å². The molecule has 2 aromatic rings. The Morgan fingerprint density at radius 1 is 1.18 bits per heavy atom. The van der Waals surface area contributed by atoms with Crippen molar-refractivity contribution in [3.8, 4) is 5.75 Å². The Morgan fingerprint density at radius 3 is 2.41 bits per heavy atom. The van der Waals surface area contributed by atoms with E-state index >= 15 is 0 Å². The summed E-state index contributed by atoms with van der Waals surface area (Å²) in [4.78, 5) is 11.8. The quantitative estimate of drug-likeness (QED) is 0.792. The number of hydrogen-bond acceptors (Lipinski definition) is 3. The van der Waals surface area contributed by atoms with Gasteiger partial charge in [-0.15, -0.1) is 0 Å². The normalized spacial score (nSPS) is 11.6. The second-order valence-corrected chi connectivity index (χ2v) is 5.07. The zero-order chi connectivity index (χ0) is 15.9. The van der Waals surface area contributed by atoms with E-state index in [0.717, 1.165) is 0 Å². The molecule has 0 aliphatic rings. The Hall–Kier alpha value is -2.24. The fourth-order valence-corrected chi connectivity index (χ4v) is 1.97. The second-order valence-electron chi connectivity index (χ2n) is 4.63. The molecule has 2 amide bonds. The predicted molar refractivity (Wildman–Crippen MR) is 86.4 cm³/mol. The molecule has 2 rings (SSSR count). The minimum absolute atomic E-state index is 0.101. The second kappa shape index (κ2) is 7.68. The van der Waals surface area contributed by atoms with E-state index in [9.17, 15) is 9.90 Å². The lowest BCUT2D eigenvalue weighted by Gasteiger charge is -2.13. The van der Waals surface area contributed by atoms with Gasteiger partial charge < -0.3 is 20.5 Å². The molecule has 0 saturated heterocycles. The number of aliphatic hydroxyl groups excluding tert-OH is 1. The number of carbonyl (C=O) groups is 1. The number of urea groups is 1. The summed E-state index contributed by atoms with van der Waals surface area (Å²) >= 11 is 5.79. The first-order valence-electron chi connectivity index (χ1n) is 6.71. The fourth-order valence-electron chi connectivity index (χ4n) is 1.84. The number of aliphatic hydroxyl groups is 1. The first-order valence-corrected chi connectivity index (χ1v) is 7.08. The van der Waals surface area contributed by atoms with Crippen molar-refractivity contribution < 1.29 is 14.6 Å². The average molecular weight is 321 g/mol. The molecule has 6 heteroatoms. The largest absolute Gasteiger partial charge is 0.497 e. The Labute approximate surface area is 133 Å². The molecule has 0 heterocycles. The minimum Gasteiger partial charge on any atom is -0.497 e. The molecule has 0 spiro atoms. The van der Waals surface area contributed by atoms with Crippen LogP contribution in [0.25, 0.3) is 0 Å². The molecule has 0 aliphatic carbocycles. The maximum absolute atomic E-state index is 11.8. The van der Waals surface area contributed by atoms with E-state index < -0.39 is 12.1 Å². The van der Waals surface area contributed by atoms with Crippen molar-refractivity contribution >= 4 is 23.3 Å². The van der Waals surface area contributed by atoms with Gasteiger partial charge in [-0.3, -0.25) is 0 Å². The predicted octanol–water partition coefficient (Wildman–Crippen LogP) is 3.20. The van der Waals surface area contributed by atoms with Crippen LogP contribution in [0.1, 0.15) is 11.7 Å². The van der Waals surface area contributed by atoms with Gasteiger partial charge in [0, 0.05) is 17.3 Å². The van der Waals surface area contributed by atoms with Crippen LogP contribution in [-0.2, 0) is 0 Å². The third-order valence-electron chi connectivity index (χ3n) is 3.06. The number of hydrogen-bond donors (Lipinski definition) is 3. The van der Waals surface area contributed by atoms with Gasteiger partial charge in [0.1, 0.15) is 5.75 Å². The zero-order valence-corrected chi connectivity index (χ0v) is 12.8. The molecule has 0 saturated carbocycles. The molecular weight excluding hydrogens is 304 g/mol. The molecule has 3 N–H and O–H groups in total. The molecule has 0 radical (unpaired) electrons. The molecule has 116 valence electrons. The van der Waals surface area contributed by atoms with Crippen LogP contribution < -0.4 is 15.4 Å². The number of carbonyl (C=O) groups excluding carboxylic acids is 1. The van der Waals surface area contributed by atoms with Gasteiger partial charge in [0.2, 0.25) is 0 Å². The summed E-state index contributed by atoms with van der Waals surface area (Å²) in [6.45, 7) is 0.101. The highest BCUT2D eigenvalue weighted by molar-refractivity contribution is 6.30. The summed E-state index contributed by atoms with van der Waals surface area (Å²) in [6.07, 6.45) is -0.793. The van der Waals surface area contributed by atoms with Crippen molar-refractivity contribution in [3.63, 3.8) is 0 Å². The lowest BCUT2D eigenvalue weighted by atomic mass is 10.1. The molecule has 5 nitrogen and oxygen atoms in total. The van der Waals surface area contributed by atoms with Gasteiger partial charge in [-0.1, -0.05) is 23.7 Å². The van der Waals surface area contributed by atoms with E-state index in [-0.39, 0.29) is 6.54 Å². The molecular formula is C16H17ClN2O3. The highest BCUT2D eigenvalue weighted by atomic mass is 35.5. The Bertz CT molecular complexity index is 614. The van der Waals surface area contributed by atoms with Crippen LogP contribution in [0.2, 0.25) is 5.02 Å². The molecule has 0 fully saturated rings. The van der Waals surface area contributed by atoms with Crippen molar-refractivity contribution in [2.75, 3.05) is 19.0 Å². The fraction of sp³-hybridized carbons (Fsp3) is 0.188. The summed E-state index contributed by atoms with van der Waals surface area (Å²) in [6, 6.07) is 13.4. The maximum Gasteiger partial charge on any atom is 0.319 e. The summed E-state index contributed by atoms with van der Waals surface area (Å²) in [5.74, 6) is 0.712. The molecule has 1 atom stereocenters. The molecule has 0 unspecified atom stereocenters. The highest BCUT2D eigenvalue weighted by Crippen LogP contribution is 2.16. The number of methoxy groups -OCH3 is 1. The number of rotatable bonds is 5. The topological polar surface area (TPSA) is 70.6 Å². The number of halogens is 1. The monoisotopic (exact) mass is 320 g/mol. The van der Waals surface area contributed by atoms with E-state index in [1.54, 1.807) is 55.6 Å². The van der Waals surface area contributed by atoms with Crippen molar-refractivity contribution in [2.45, 2.75) is 6.10 Å². The number of nitrogens with one attached hydrogen (secondary N) is 2. The number of amides is 2. The Balaban J connectivity index is 1.82. The SMILES string of the molecule is COc1ccc(NC(=O)NC[C@H](O)c2ccc(Cl)cc2)cc1. The summed E-state index contributed by atoms with van der Waals surface area (Å²) in [5, 5.41) is 15.9. The lowest BCUT2D eigenvalue weighted by molar-refractivity contribution is 0.175. The average Bonchev–Trinajstić information content (AvgIpc) is 2.54. The van der Waals surface area contributed by atoms with E-state index in [1.807, 2.05) is 0 Å². The van der Waals surface area contributed by atoms with Gasteiger partial charge in [-0.25, -0.2) is 4.79 Å². The van der Waals surface area contributed by atoms with Crippen LogP contribution in [0.15, 0.2) is 48.5 Å². The van der Waals surface area contributed by atoms with Crippen LogP contribution >= 0.6 is 11.6 Å². The summed E-state index contributed by atoms with van der Waals surface area (Å²) < 4.78 is 5.04. The van der Waals surface area contributed by atoms with E-state index in [1.165, 1.54) is 0 Å². The lowest BCUT2D eigenvalue weighted by Crippen LogP contribution is -2.32. The molecule has 0 aliphatic heterocycles. The van der Waals surface area contributed by atoms with Gasteiger partial charge in [0.15, 0.2) is 0 Å². The van der Waals surface area contributed by atoms with Gasteiger partial charge in [0.25, 0.3) is 0 Å². The molecule has 22 heavy (non-hydrogen) atoms. The van der Waals surface area contributed by atoms with Crippen LogP contribution in [0.3, 0.4) is 0 Å². The van der Waals surface area contributed by atoms with Crippen LogP contribution in [0.4, 0.5) is 10.5 Å². The summed E-state index contributed by atoms with van der Waals surface area (Å²) in [7, 11) is 1.58. The highest BCUT2D eigenvalue weighted by Gasteiger charge is 2.09. The van der Waals surface area contributed by atoms with Crippen molar-refractivity contribution in [2.24, 2.45) is 0 Å². The smallest absolute Gasteiger partial charge is 0.319 e. The maximum atomic E-state index is 11.8. The van der Waals surface area contributed by atoms with Crippen LogP contribution in [0.5, 0.6) is 5.75 Å². The Morgan fingerprint density at radius 2 is 1.82 bits per heavy atom. The van der Waals surface area contributed by atoms with Crippen LogP contribution in [-0.4, -0.2) is 24.8 Å². The number of ether oxygens (including phenoxy) is 1. The van der Waals surface area contributed by atoms with Gasteiger partial charge in [-0.2, -0.15) is 0 Å². The molecule has 0 aromatic heterocycles. The number of benzene rings is 2. The molecule has 2 aromatic carbocycles. The van der Waals surface area contributed by atoms with Crippen molar-refractivity contribution in [3.05, 3.63) is 59.1 Å². The first-order chi connectivity index (χ1) is 10.6. The summed E-state index contributed by atoms with van der Waals surface area (Å²) in [5.41, 5.74) is 1.33. The number of anilines is 1. The third-order valence-corrected chi connectivity index (χ3v) is 3.31. The van der Waals surface area contributed by atoms with Crippen molar-refractivity contribution in [1.82, 2.24) is 5.32 Å². The van der Waals surface area contributed by atoms with Gasteiger partial charge in [0.05, 0.1) is 13.2 Å². The first kappa shape index (κ1) is 16.1. The Kier molecular flexibility index (Phi) is 5.63. The standard InChI is InChI=1S/C16H17ClN2O3/c1-22-14-8-6-13(7-9-14)19-16(21)18-10-15(20)11-2-4-12(17)5-3-11/h2-9,15,20H,10H2,1H3,(H2,18,19,21)/t15-/m0/s1. The van der Waals surface area contributed by atoms with Gasteiger partial charge >= 0.3 is 6.03 Å². The van der Waals surface area contributed by atoms with E-state index in [4.69, 9.17) is 16.3 Å². The molecule has 0 bridgehead atoms. The third kappa shape index (κ3) is 4.65. The zero-order valence-electron chi connectivity index (χ0n) is 12.0. The van der Waals surface area contributed by atoms with E-state index in [2.05, 4.69) is 10.6 Å². The van der Waals surface area contributed by atoms with E-state index in [0.29, 0.717) is 22.0 Å². The van der Waals surface area contributed by atoms with Gasteiger partial charge in [-0.05, 0) is 42.0 Å². The minimum atomic E-state index is -0.793. The van der Waals surface area contributed by atoms with Crippen molar-refractivity contribution in [1.29, 1.82) is 0 Å².